The minimum atomic E-state index is 0.988. The Morgan fingerprint density at radius 3 is 2.49 bits per heavy atom. The number of aromatic nitrogens is 1. The molecule has 170 valence electrons. The first kappa shape index (κ1) is 22.4. The highest BCUT2D eigenvalue weighted by Crippen LogP contribution is 2.33. The Kier molecular flexibility index (Phi) is 6.06. The fourth-order valence-electron chi connectivity index (χ4n) is 4.63. The first-order valence-corrected chi connectivity index (χ1v) is 11.9. The minimum absolute atomic E-state index is 0.988. The van der Waals surface area contributed by atoms with Gasteiger partial charge in [-0.15, -0.1) is 0 Å². The van der Waals surface area contributed by atoms with Gasteiger partial charge in [0.15, 0.2) is 0 Å². The van der Waals surface area contributed by atoms with Gasteiger partial charge in [0.25, 0.3) is 6.21 Å². The van der Waals surface area contributed by atoms with Crippen LogP contribution in [0, 0.1) is 0 Å². The van der Waals surface area contributed by atoms with Crippen LogP contribution < -0.4 is 4.67 Å². The van der Waals surface area contributed by atoms with E-state index in [1.807, 2.05) is 43.7 Å². The van der Waals surface area contributed by atoms with Crippen LogP contribution >= 0.6 is 0 Å². The number of benzene rings is 3. The number of allylic oxidation sites excluding steroid dienone is 10. The number of aromatic amines is 1. The summed E-state index contributed by atoms with van der Waals surface area (Å²) >= 11 is 0. The van der Waals surface area contributed by atoms with Gasteiger partial charge in [-0.25, -0.2) is 0 Å². The van der Waals surface area contributed by atoms with Crippen molar-refractivity contribution in [2.45, 2.75) is 20.8 Å². The van der Waals surface area contributed by atoms with Crippen molar-refractivity contribution in [3.05, 3.63) is 119 Å². The van der Waals surface area contributed by atoms with E-state index in [-0.39, 0.29) is 0 Å². The van der Waals surface area contributed by atoms with Crippen molar-refractivity contribution < 1.29 is 0 Å². The molecule has 2 heterocycles. The van der Waals surface area contributed by atoms with Crippen LogP contribution in [0.5, 0.6) is 0 Å². The first-order chi connectivity index (χ1) is 17.0. The molecule has 1 aromatic heterocycles. The quantitative estimate of drug-likeness (QED) is 0.226. The molecule has 0 aliphatic carbocycles. The molecular weight excluding hydrogens is 424 g/mol. The highest BCUT2D eigenvalue weighted by molar-refractivity contribution is 6.17. The van der Waals surface area contributed by atoms with E-state index in [4.69, 9.17) is 0 Å². The third-order valence-electron chi connectivity index (χ3n) is 6.52. The molecule has 0 fully saturated rings. The SMILES string of the molecule is C=C(/C=C(\C)c1ccc2c(c1)[nH]c1c3ccc(/C=C/C=C\C=C/C)cc3ccc21)C1=C(C)C=[N+]=C1. The van der Waals surface area contributed by atoms with E-state index in [0.29, 0.717) is 0 Å². The van der Waals surface area contributed by atoms with Gasteiger partial charge in [-0.05, 0) is 60.6 Å². The van der Waals surface area contributed by atoms with Crippen molar-refractivity contribution in [1.29, 1.82) is 0 Å². The highest BCUT2D eigenvalue weighted by Gasteiger charge is 2.14. The molecule has 2 heteroatoms. The molecule has 5 rings (SSSR count). The predicted molar refractivity (Wildman–Crippen MR) is 156 cm³/mol. The van der Waals surface area contributed by atoms with Crippen LogP contribution in [0.3, 0.4) is 0 Å². The van der Waals surface area contributed by atoms with Gasteiger partial charge in [0.05, 0.1) is 11.1 Å². The highest BCUT2D eigenvalue weighted by atomic mass is 14.7. The van der Waals surface area contributed by atoms with Crippen molar-refractivity contribution in [2.24, 2.45) is 0 Å². The third-order valence-corrected chi connectivity index (χ3v) is 6.52. The molecule has 35 heavy (non-hydrogen) atoms. The smallest absolute Gasteiger partial charge is 0.300 e. The van der Waals surface area contributed by atoms with Crippen LogP contribution in [0.4, 0.5) is 0 Å². The van der Waals surface area contributed by atoms with Crippen molar-refractivity contribution in [1.82, 2.24) is 9.65 Å². The van der Waals surface area contributed by atoms with Gasteiger partial charge >= 0.3 is 6.21 Å². The second-order valence-corrected chi connectivity index (χ2v) is 8.98. The number of hydrogen-bond acceptors (Lipinski definition) is 0. The van der Waals surface area contributed by atoms with E-state index in [0.717, 1.165) is 22.2 Å². The van der Waals surface area contributed by atoms with Gasteiger partial charge in [0.1, 0.15) is 0 Å². The third kappa shape index (κ3) is 4.40. The summed E-state index contributed by atoms with van der Waals surface area (Å²) in [6.07, 6.45) is 18.2. The molecule has 0 unspecified atom stereocenters. The van der Waals surface area contributed by atoms with Crippen molar-refractivity contribution in [3.8, 4) is 0 Å². The zero-order valence-electron chi connectivity index (χ0n) is 20.5. The molecule has 1 N–H and O–H groups in total. The van der Waals surface area contributed by atoms with E-state index in [1.54, 1.807) is 0 Å². The van der Waals surface area contributed by atoms with Crippen molar-refractivity contribution in [3.63, 3.8) is 0 Å². The molecule has 0 saturated carbocycles. The summed E-state index contributed by atoms with van der Waals surface area (Å²) in [5.74, 6) is 0. The van der Waals surface area contributed by atoms with E-state index in [9.17, 15) is 0 Å². The number of hydrogen-bond donors (Lipinski definition) is 1. The Balaban J connectivity index is 1.50. The van der Waals surface area contributed by atoms with Crippen LogP contribution in [-0.2, 0) is 0 Å². The average molecular weight is 454 g/mol. The summed E-state index contributed by atoms with van der Waals surface area (Å²) in [6, 6.07) is 17.7. The van der Waals surface area contributed by atoms with Crippen LogP contribution in [0.15, 0.2) is 108 Å². The molecule has 1 aliphatic heterocycles. The van der Waals surface area contributed by atoms with Crippen LogP contribution in [-0.4, -0.2) is 17.4 Å². The van der Waals surface area contributed by atoms with Crippen LogP contribution in [0.25, 0.3) is 44.2 Å². The fourth-order valence-corrected chi connectivity index (χ4v) is 4.63. The monoisotopic (exact) mass is 453 g/mol. The lowest BCUT2D eigenvalue weighted by atomic mass is 9.98. The molecule has 1 aliphatic rings. The number of nitrogens with zero attached hydrogens (tertiary/aromatic N) is 1. The zero-order chi connectivity index (χ0) is 24.4. The van der Waals surface area contributed by atoms with Gasteiger partial charge in [-0.2, -0.15) is 0 Å². The van der Waals surface area contributed by atoms with E-state index in [2.05, 4.69) is 96.8 Å². The normalized spacial score (nSPS) is 14.4. The summed E-state index contributed by atoms with van der Waals surface area (Å²) in [5.41, 5.74) is 9.13. The molecule has 3 aromatic carbocycles. The first-order valence-electron chi connectivity index (χ1n) is 11.9. The number of rotatable bonds is 6. The van der Waals surface area contributed by atoms with E-state index < -0.39 is 0 Å². The molecule has 0 amide bonds. The van der Waals surface area contributed by atoms with E-state index >= 15 is 0 Å². The Hall–Kier alpha value is -4.39. The van der Waals surface area contributed by atoms with Gasteiger partial charge in [-0.1, -0.05) is 90.2 Å². The molecular formula is C33H29N2+. The molecule has 0 bridgehead atoms. The maximum absolute atomic E-state index is 4.26. The Labute approximate surface area is 206 Å². The Bertz CT molecular complexity index is 1700. The number of nitrogens with one attached hydrogen (secondary N) is 1. The molecule has 0 saturated heterocycles. The molecule has 2 nitrogen and oxygen atoms in total. The van der Waals surface area contributed by atoms with Crippen molar-refractivity contribution in [2.75, 3.05) is 0 Å². The summed E-state index contributed by atoms with van der Waals surface area (Å²) in [5, 5.41) is 4.96. The predicted octanol–water partition coefficient (Wildman–Crippen LogP) is 8.12. The maximum Gasteiger partial charge on any atom is 0.300 e. The molecule has 0 spiro atoms. The minimum Gasteiger partial charge on any atom is -0.354 e. The fraction of sp³-hybridized carbons (Fsp3) is 0.0909. The largest absolute Gasteiger partial charge is 0.354 e. The summed E-state index contributed by atoms with van der Waals surface area (Å²) in [6.45, 7) is 10.5. The molecule has 0 atom stereocenters. The summed E-state index contributed by atoms with van der Waals surface area (Å²) < 4.78 is 4.24. The lowest BCUT2D eigenvalue weighted by Crippen LogP contribution is -1.90. The Morgan fingerprint density at radius 2 is 1.69 bits per heavy atom. The summed E-state index contributed by atoms with van der Waals surface area (Å²) in [4.78, 5) is 3.70. The number of fused-ring (bicyclic) bond motifs is 5. The van der Waals surface area contributed by atoms with E-state index in [1.165, 1.54) is 43.8 Å². The van der Waals surface area contributed by atoms with Gasteiger partial charge < -0.3 is 4.98 Å². The lowest BCUT2D eigenvalue weighted by Gasteiger charge is -2.04. The average Bonchev–Trinajstić information content (AvgIpc) is 3.46. The molecule has 0 radical (unpaired) electrons. The topological polar surface area (TPSA) is 29.9 Å². The molecule has 4 aromatic rings. The lowest BCUT2D eigenvalue weighted by molar-refractivity contribution is 1.51. The van der Waals surface area contributed by atoms with Crippen LogP contribution in [0.1, 0.15) is 31.9 Å². The maximum atomic E-state index is 4.26. The Morgan fingerprint density at radius 1 is 0.886 bits per heavy atom. The van der Waals surface area contributed by atoms with Crippen LogP contribution in [0.2, 0.25) is 0 Å². The van der Waals surface area contributed by atoms with Gasteiger partial charge in [0, 0.05) is 27.2 Å². The standard InChI is InChI=1S/C33H29N2/c1-5-6-7-8-9-10-25-11-14-28-27(18-25)13-16-30-29-15-12-26(19-32(29)35-33(28)30)22(2)17-23(3)31-21-34-20-24(31)4/h5-21,35H,3H2,1-2,4H3/q+1/b6-5-,8-7-,10-9+,22-17+. The van der Waals surface area contributed by atoms with Gasteiger partial charge in [0.2, 0.25) is 0 Å². The second kappa shape index (κ2) is 9.46. The van der Waals surface area contributed by atoms with Gasteiger partial charge in [-0.3, -0.25) is 0 Å². The second-order valence-electron chi connectivity index (χ2n) is 8.98. The zero-order valence-corrected chi connectivity index (χ0v) is 20.5. The van der Waals surface area contributed by atoms with Crippen molar-refractivity contribution >= 4 is 56.7 Å². The summed E-state index contributed by atoms with van der Waals surface area (Å²) in [7, 11) is 0. The number of H-pyrrole nitrogens is 1.